The fourth-order valence-electron chi connectivity index (χ4n) is 1.71. The Hall–Kier alpha value is -1.43. The number of aromatic carboxylic acids is 1. The molecule has 1 fully saturated rings. The normalized spacial score (nSPS) is 18.5. The van der Waals surface area contributed by atoms with E-state index in [2.05, 4.69) is 10.2 Å². The van der Waals surface area contributed by atoms with Gasteiger partial charge in [-0.1, -0.05) is 0 Å². The van der Waals surface area contributed by atoms with E-state index in [1.807, 2.05) is 0 Å². The van der Waals surface area contributed by atoms with Gasteiger partial charge in [0.25, 0.3) is 0 Å². The van der Waals surface area contributed by atoms with Gasteiger partial charge in [0, 0.05) is 7.11 Å². The monoisotopic (exact) mass is 212 g/mol. The first-order valence-electron chi connectivity index (χ1n) is 4.76. The third-order valence-corrected chi connectivity index (χ3v) is 2.82. The molecular weight excluding hydrogens is 200 g/mol. The van der Waals surface area contributed by atoms with E-state index in [-0.39, 0.29) is 11.5 Å². The van der Waals surface area contributed by atoms with Crippen molar-refractivity contribution in [1.82, 2.24) is 10.2 Å². The summed E-state index contributed by atoms with van der Waals surface area (Å²) in [6.45, 7) is 0. The quantitative estimate of drug-likeness (QED) is 0.797. The standard InChI is InChI=1S/C9H12N2O4/c1-14-9(3-2-4-9)5-6-10-11-7(15-6)8(12)13/h2-5H2,1H3,(H,12,13). The van der Waals surface area contributed by atoms with Crippen LogP contribution in [-0.4, -0.2) is 34.0 Å². The molecule has 1 aromatic rings. The van der Waals surface area contributed by atoms with Crippen molar-refractivity contribution < 1.29 is 19.1 Å². The van der Waals surface area contributed by atoms with Gasteiger partial charge in [-0.05, 0) is 19.3 Å². The molecule has 6 heteroatoms. The second-order valence-corrected chi connectivity index (χ2v) is 3.72. The number of rotatable bonds is 4. The molecule has 0 unspecified atom stereocenters. The number of methoxy groups -OCH3 is 1. The molecule has 1 N–H and O–H groups in total. The molecule has 82 valence electrons. The number of carboxylic acids is 1. The maximum absolute atomic E-state index is 10.5. The van der Waals surface area contributed by atoms with Crippen LogP contribution in [0.5, 0.6) is 0 Å². The van der Waals surface area contributed by atoms with Crippen molar-refractivity contribution in [2.75, 3.05) is 7.11 Å². The average Bonchev–Trinajstić information content (AvgIpc) is 2.59. The second-order valence-electron chi connectivity index (χ2n) is 3.72. The molecule has 1 heterocycles. The van der Waals surface area contributed by atoms with Gasteiger partial charge in [0.1, 0.15) is 0 Å². The first-order valence-corrected chi connectivity index (χ1v) is 4.76. The second kappa shape index (κ2) is 3.62. The molecule has 15 heavy (non-hydrogen) atoms. The first kappa shape index (κ1) is 10.1. The van der Waals surface area contributed by atoms with E-state index >= 15 is 0 Å². The zero-order valence-electron chi connectivity index (χ0n) is 8.39. The molecule has 1 aliphatic rings. The van der Waals surface area contributed by atoms with Crippen molar-refractivity contribution in [1.29, 1.82) is 0 Å². The summed E-state index contributed by atoms with van der Waals surface area (Å²) in [5, 5.41) is 15.7. The molecular formula is C9H12N2O4. The number of aromatic nitrogens is 2. The minimum atomic E-state index is -1.20. The van der Waals surface area contributed by atoms with Gasteiger partial charge < -0.3 is 14.3 Å². The van der Waals surface area contributed by atoms with Crippen LogP contribution in [0.2, 0.25) is 0 Å². The van der Waals surface area contributed by atoms with Gasteiger partial charge in [0.15, 0.2) is 0 Å². The smallest absolute Gasteiger partial charge is 0.393 e. The highest BCUT2D eigenvalue weighted by Gasteiger charge is 2.39. The molecule has 6 nitrogen and oxygen atoms in total. The van der Waals surface area contributed by atoms with Crippen LogP contribution in [0.1, 0.15) is 35.8 Å². The lowest BCUT2D eigenvalue weighted by Gasteiger charge is -2.39. The summed E-state index contributed by atoms with van der Waals surface area (Å²) in [5.74, 6) is -1.24. The molecule has 1 aromatic heterocycles. The number of hydrogen-bond donors (Lipinski definition) is 1. The van der Waals surface area contributed by atoms with Crippen LogP contribution in [0.15, 0.2) is 4.42 Å². The number of nitrogens with zero attached hydrogens (tertiary/aromatic N) is 2. The fourth-order valence-corrected chi connectivity index (χ4v) is 1.71. The van der Waals surface area contributed by atoms with Gasteiger partial charge in [-0.25, -0.2) is 4.79 Å². The third-order valence-electron chi connectivity index (χ3n) is 2.82. The van der Waals surface area contributed by atoms with Gasteiger partial charge in [0.2, 0.25) is 5.89 Å². The average molecular weight is 212 g/mol. The predicted octanol–water partition coefficient (Wildman–Crippen LogP) is 0.879. The largest absolute Gasteiger partial charge is 0.474 e. The van der Waals surface area contributed by atoms with Crippen LogP contribution in [0.3, 0.4) is 0 Å². The molecule has 1 saturated carbocycles. The Kier molecular flexibility index (Phi) is 2.44. The highest BCUT2D eigenvalue weighted by atomic mass is 16.5. The van der Waals surface area contributed by atoms with E-state index in [0.717, 1.165) is 19.3 Å². The first-order chi connectivity index (χ1) is 7.15. The van der Waals surface area contributed by atoms with Crippen LogP contribution < -0.4 is 0 Å². The van der Waals surface area contributed by atoms with Gasteiger partial charge >= 0.3 is 11.9 Å². The van der Waals surface area contributed by atoms with Crippen molar-refractivity contribution in [3.8, 4) is 0 Å². The van der Waals surface area contributed by atoms with E-state index < -0.39 is 5.97 Å². The number of hydrogen-bond acceptors (Lipinski definition) is 5. The van der Waals surface area contributed by atoms with Crippen molar-refractivity contribution in [3.63, 3.8) is 0 Å². The van der Waals surface area contributed by atoms with E-state index in [0.29, 0.717) is 12.3 Å². The summed E-state index contributed by atoms with van der Waals surface area (Å²) in [6.07, 6.45) is 3.51. The molecule has 0 aliphatic heterocycles. The van der Waals surface area contributed by atoms with Gasteiger partial charge in [-0.2, -0.15) is 0 Å². The molecule has 0 spiro atoms. The zero-order chi connectivity index (χ0) is 10.9. The molecule has 0 bridgehead atoms. The summed E-state index contributed by atoms with van der Waals surface area (Å²) < 4.78 is 10.3. The molecule has 2 rings (SSSR count). The van der Waals surface area contributed by atoms with Crippen LogP contribution in [0, 0.1) is 0 Å². The minimum absolute atomic E-state index is 0.220. The Morgan fingerprint density at radius 1 is 1.60 bits per heavy atom. The van der Waals surface area contributed by atoms with Crippen molar-refractivity contribution in [2.24, 2.45) is 0 Å². The SMILES string of the molecule is COC1(Cc2nnc(C(=O)O)o2)CCC1. The lowest BCUT2D eigenvalue weighted by molar-refractivity contribution is -0.0747. The fraction of sp³-hybridized carbons (Fsp3) is 0.667. The number of carboxylic acid groups (broad SMARTS) is 1. The Bertz CT molecular complexity index is 364. The van der Waals surface area contributed by atoms with E-state index in [4.69, 9.17) is 14.3 Å². The Balaban J connectivity index is 2.07. The molecule has 1 aliphatic carbocycles. The van der Waals surface area contributed by atoms with Crippen molar-refractivity contribution >= 4 is 5.97 Å². The number of carbonyl (C=O) groups is 1. The van der Waals surface area contributed by atoms with Crippen molar-refractivity contribution in [2.45, 2.75) is 31.3 Å². The van der Waals surface area contributed by atoms with Crippen LogP contribution in [-0.2, 0) is 11.2 Å². The molecule has 0 radical (unpaired) electrons. The summed E-state index contributed by atoms with van der Waals surface area (Å²) in [7, 11) is 1.65. The lowest BCUT2D eigenvalue weighted by atomic mass is 9.77. The third kappa shape index (κ3) is 1.85. The maximum Gasteiger partial charge on any atom is 0.393 e. The van der Waals surface area contributed by atoms with Crippen LogP contribution in [0.4, 0.5) is 0 Å². The summed E-state index contributed by atoms with van der Waals surface area (Å²) >= 11 is 0. The van der Waals surface area contributed by atoms with Crippen molar-refractivity contribution in [3.05, 3.63) is 11.8 Å². The van der Waals surface area contributed by atoms with Gasteiger partial charge in [0.05, 0.1) is 12.0 Å². The summed E-state index contributed by atoms with van der Waals surface area (Å²) in [6, 6.07) is 0. The van der Waals surface area contributed by atoms with Crippen LogP contribution in [0.25, 0.3) is 0 Å². The molecule has 0 aromatic carbocycles. The minimum Gasteiger partial charge on any atom is -0.474 e. The van der Waals surface area contributed by atoms with E-state index in [1.54, 1.807) is 7.11 Å². The highest BCUT2D eigenvalue weighted by Crippen LogP contribution is 2.37. The molecule has 0 atom stereocenters. The topological polar surface area (TPSA) is 85.5 Å². The van der Waals surface area contributed by atoms with E-state index in [9.17, 15) is 4.79 Å². The van der Waals surface area contributed by atoms with E-state index in [1.165, 1.54) is 0 Å². The number of ether oxygens (including phenoxy) is 1. The predicted molar refractivity (Wildman–Crippen MR) is 48.6 cm³/mol. The Labute approximate surface area is 86.3 Å². The van der Waals surface area contributed by atoms with Crippen LogP contribution >= 0.6 is 0 Å². The Morgan fingerprint density at radius 2 is 2.33 bits per heavy atom. The summed E-state index contributed by atoms with van der Waals surface area (Å²) in [5.41, 5.74) is -0.220. The van der Waals surface area contributed by atoms with Gasteiger partial charge in [-0.3, -0.25) is 0 Å². The van der Waals surface area contributed by atoms with Gasteiger partial charge in [-0.15, -0.1) is 10.2 Å². The highest BCUT2D eigenvalue weighted by molar-refractivity contribution is 5.81. The molecule has 0 amide bonds. The maximum atomic E-state index is 10.5. The summed E-state index contributed by atoms with van der Waals surface area (Å²) in [4.78, 5) is 10.5. The molecule has 0 saturated heterocycles. The zero-order valence-corrected chi connectivity index (χ0v) is 8.39. The Morgan fingerprint density at radius 3 is 2.73 bits per heavy atom. The lowest BCUT2D eigenvalue weighted by Crippen LogP contribution is -2.41.